The van der Waals surface area contributed by atoms with Gasteiger partial charge in [-0.25, -0.2) is 0 Å². The van der Waals surface area contributed by atoms with Crippen molar-refractivity contribution >= 4 is 41.7 Å². The summed E-state index contributed by atoms with van der Waals surface area (Å²) in [5, 5.41) is 12.9. The van der Waals surface area contributed by atoms with Crippen molar-refractivity contribution in [1.82, 2.24) is 5.32 Å². The predicted octanol–water partition coefficient (Wildman–Crippen LogP) is 0.953. The summed E-state index contributed by atoms with van der Waals surface area (Å²) in [6.07, 6.45) is 0.801. The van der Waals surface area contributed by atoms with Crippen LogP contribution in [0, 0.1) is 0 Å². The number of aliphatic imine (C=N–C) groups is 1. The first kappa shape index (κ1) is 16.1. The molecule has 1 unspecified atom stereocenters. The molecule has 1 aliphatic rings. The van der Waals surface area contributed by atoms with Crippen molar-refractivity contribution in [2.45, 2.75) is 18.9 Å². The van der Waals surface area contributed by atoms with Crippen LogP contribution in [-0.2, 0) is 0 Å². The summed E-state index contributed by atoms with van der Waals surface area (Å²) in [5.74, 6) is 2.14. The molecule has 1 aliphatic heterocycles. The van der Waals surface area contributed by atoms with Crippen LogP contribution in [0.15, 0.2) is 17.1 Å². The van der Waals surface area contributed by atoms with Crippen LogP contribution < -0.4 is 11.1 Å². The molecule has 0 bridgehead atoms. The summed E-state index contributed by atoms with van der Waals surface area (Å²) in [5.41, 5.74) is 5.99. The van der Waals surface area contributed by atoms with Gasteiger partial charge in [0, 0.05) is 12.3 Å². The molecule has 1 fully saturated rings. The fourth-order valence-electron chi connectivity index (χ4n) is 1.25. The highest BCUT2D eigenvalue weighted by Gasteiger charge is 2.31. The van der Waals surface area contributed by atoms with Crippen LogP contribution in [0.25, 0.3) is 0 Å². The second-order valence-corrected chi connectivity index (χ2v) is 5.14. The molecular formula is C10H20IN3OS. The van der Waals surface area contributed by atoms with Crippen molar-refractivity contribution in [2.75, 3.05) is 24.6 Å². The van der Waals surface area contributed by atoms with Crippen molar-refractivity contribution in [1.29, 1.82) is 0 Å². The average Bonchev–Trinajstić information content (AvgIpc) is 2.60. The van der Waals surface area contributed by atoms with Crippen LogP contribution in [0.5, 0.6) is 0 Å². The Kier molecular flexibility index (Phi) is 7.41. The predicted molar refractivity (Wildman–Crippen MR) is 81.6 cm³/mol. The average molecular weight is 357 g/mol. The van der Waals surface area contributed by atoms with E-state index in [-0.39, 0.29) is 24.0 Å². The maximum atomic E-state index is 9.99. The van der Waals surface area contributed by atoms with E-state index < -0.39 is 5.60 Å². The number of aliphatic hydroxyl groups is 1. The van der Waals surface area contributed by atoms with Crippen LogP contribution in [0.2, 0.25) is 0 Å². The van der Waals surface area contributed by atoms with Crippen LogP contribution in [0.4, 0.5) is 0 Å². The Bertz CT molecular complexity index is 265. The smallest absolute Gasteiger partial charge is 0.188 e. The highest BCUT2D eigenvalue weighted by molar-refractivity contribution is 14.0. The third-order valence-corrected chi connectivity index (χ3v) is 3.43. The molecule has 6 heteroatoms. The lowest BCUT2D eigenvalue weighted by molar-refractivity contribution is 0.0779. The monoisotopic (exact) mass is 357 g/mol. The van der Waals surface area contributed by atoms with Crippen molar-refractivity contribution in [3.05, 3.63) is 12.2 Å². The molecule has 1 saturated heterocycles. The van der Waals surface area contributed by atoms with E-state index >= 15 is 0 Å². The zero-order chi connectivity index (χ0) is 11.3. The molecule has 0 amide bonds. The molecule has 4 nitrogen and oxygen atoms in total. The quantitative estimate of drug-likeness (QED) is 0.303. The van der Waals surface area contributed by atoms with Crippen molar-refractivity contribution in [3.63, 3.8) is 0 Å². The van der Waals surface area contributed by atoms with Gasteiger partial charge in [-0.05, 0) is 19.1 Å². The SMILES string of the molecule is C=C(C)CNC(N)=NCC1(O)CCSC1.I. The molecule has 0 aliphatic carbocycles. The number of guanidine groups is 1. The third kappa shape index (κ3) is 5.95. The van der Waals surface area contributed by atoms with Gasteiger partial charge in [-0.2, -0.15) is 11.8 Å². The third-order valence-electron chi connectivity index (χ3n) is 2.20. The van der Waals surface area contributed by atoms with Crippen LogP contribution in [-0.4, -0.2) is 41.3 Å². The van der Waals surface area contributed by atoms with Gasteiger partial charge in [0.2, 0.25) is 0 Å². The molecule has 0 aromatic rings. The molecule has 0 saturated carbocycles. The molecule has 94 valence electrons. The Hall–Kier alpha value is 0.0500. The summed E-state index contributed by atoms with van der Waals surface area (Å²) >= 11 is 1.76. The van der Waals surface area contributed by atoms with Gasteiger partial charge in [0.1, 0.15) is 0 Å². The van der Waals surface area contributed by atoms with Gasteiger partial charge in [0.05, 0.1) is 12.1 Å². The van der Waals surface area contributed by atoms with Gasteiger partial charge >= 0.3 is 0 Å². The number of nitrogens with one attached hydrogen (secondary N) is 1. The van der Waals surface area contributed by atoms with E-state index in [0.29, 0.717) is 19.0 Å². The highest BCUT2D eigenvalue weighted by Crippen LogP contribution is 2.27. The lowest BCUT2D eigenvalue weighted by atomic mass is 10.1. The number of nitrogens with two attached hydrogens (primary N) is 1. The second kappa shape index (κ2) is 7.39. The second-order valence-electron chi connectivity index (χ2n) is 4.04. The van der Waals surface area contributed by atoms with E-state index in [1.54, 1.807) is 11.8 Å². The summed E-state index contributed by atoms with van der Waals surface area (Å²) < 4.78 is 0. The summed E-state index contributed by atoms with van der Waals surface area (Å²) in [7, 11) is 0. The minimum Gasteiger partial charge on any atom is -0.387 e. The van der Waals surface area contributed by atoms with E-state index in [0.717, 1.165) is 23.5 Å². The number of hydrogen-bond acceptors (Lipinski definition) is 3. The van der Waals surface area contributed by atoms with Gasteiger partial charge in [-0.1, -0.05) is 12.2 Å². The maximum Gasteiger partial charge on any atom is 0.188 e. The maximum absolute atomic E-state index is 9.99. The Morgan fingerprint density at radius 1 is 1.69 bits per heavy atom. The van der Waals surface area contributed by atoms with E-state index in [4.69, 9.17) is 5.73 Å². The highest BCUT2D eigenvalue weighted by atomic mass is 127. The molecule has 16 heavy (non-hydrogen) atoms. The molecule has 1 rings (SSSR count). The fraction of sp³-hybridized carbons (Fsp3) is 0.700. The van der Waals surface area contributed by atoms with Crippen molar-refractivity contribution in [2.24, 2.45) is 10.7 Å². The lowest BCUT2D eigenvalue weighted by Gasteiger charge is -2.18. The van der Waals surface area contributed by atoms with E-state index in [1.807, 2.05) is 6.92 Å². The molecule has 0 aromatic carbocycles. The Morgan fingerprint density at radius 3 is 2.88 bits per heavy atom. The van der Waals surface area contributed by atoms with Gasteiger partial charge in [0.25, 0.3) is 0 Å². The van der Waals surface area contributed by atoms with Crippen LogP contribution in [0.3, 0.4) is 0 Å². The first-order valence-electron chi connectivity index (χ1n) is 5.00. The van der Waals surface area contributed by atoms with E-state index in [2.05, 4.69) is 16.9 Å². The first-order valence-corrected chi connectivity index (χ1v) is 6.16. The van der Waals surface area contributed by atoms with Crippen molar-refractivity contribution < 1.29 is 5.11 Å². The molecule has 1 atom stereocenters. The molecule has 0 aromatic heterocycles. The topological polar surface area (TPSA) is 70.6 Å². The summed E-state index contributed by atoms with van der Waals surface area (Å²) in [6.45, 7) is 6.68. The normalized spacial score (nSPS) is 25.0. The Morgan fingerprint density at radius 2 is 2.38 bits per heavy atom. The molecule has 0 spiro atoms. The number of hydrogen-bond donors (Lipinski definition) is 3. The molecule has 0 radical (unpaired) electrons. The van der Waals surface area contributed by atoms with E-state index in [1.165, 1.54) is 0 Å². The first-order chi connectivity index (χ1) is 7.02. The van der Waals surface area contributed by atoms with Crippen LogP contribution in [0.1, 0.15) is 13.3 Å². The number of thioether (sulfide) groups is 1. The summed E-state index contributed by atoms with van der Waals surface area (Å²) in [6, 6.07) is 0. The largest absolute Gasteiger partial charge is 0.387 e. The van der Waals surface area contributed by atoms with Crippen LogP contribution >= 0.6 is 35.7 Å². The number of rotatable bonds is 4. The lowest BCUT2D eigenvalue weighted by Crippen LogP contribution is -2.37. The Labute approximate surface area is 118 Å². The van der Waals surface area contributed by atoms with Gasteiger partial charge in [-0.15, -0.1) is 24.0 Å². The molecule has 4 N–H and O–H groups in total. The number of halogens is 1. The van der Waals surface area contributed by atoms with Gasteiger partial charge in [0.15, 0.2) is 5.96 Å². The van der Waals surface area contributed by atoms with Crippen molar-refractivity contribution in [3.8, 4) is 0 Å². The fourth-order valence-corrected chi connectivity index (χ4v) is 2.54. The summed E-state index contributed by atoms with van der Waals surface area (Å²) in [4.78, 5) is 4.13. The standard InChI is InChI=1S/C10H19N3OS.HI/c1-8(2)5-12-9(11)13-6-10(14)3-4-15-7-10;/h14H,1,3-7H2,2H3,(H3,11,12,13);1H. The minimum absolute atomic E-state index is 0. The molecule has 1 heterocycles. The zero-order valence-electron chi connectivity index (χ0n) is 9.53. The van der Waals surface area contributed by atoms with E-state index in [9.17, 15) is 5.11 Å². The zero-order valence-corrected chi connectivity index (χ0v) is 12.7. The molecular weight excluding hydrogens is 337 g/mol. The number of nitrogens with zero attached hydrogens (tertiary/aromatic N) is 1. The van der Waals surface area contributed by atoms with Gasteiger partial charge in [-0.3, -0.25) is 4.99 Å². The minimum atomic E-state index is -0.653. The Balaban J connectivity index is 0.00000225. The van der Waals surface area contributed by atoms with Gasteiger partial charge < -0.3 is 16.2 Å².